The van der Waals surface area contributed by atoms with E-state index < -0.39 is 0 Å². The van der Waals surface area contributed by atoms with Crippen LogP contribution in [0.25, 0.3) is 10.8 Å². The predicted octanol–water partition coefficient (Wildman–Crippen LogP) is 3.31. The van der Waals surface area contributed by atoms with Crippen molar-refractivity contribution in [3.05, 3.63) is 66.7 Å². The Labute approximate surface area is 148 Å². The zero-order valence-electron chi connectivity index (χ0n) is 14.7. The van der Waals surface area contributed by atoms with Crippen molar-refractivity contribution in [3.8, 4) is 0 Å². The molecule has 25 heavy (non-hydrogen) atoms. The van der Waals surface area contributed by atoms with Crippen LogP contribution in [-0.4, -0.2) is 40.1 Å². The molecule has 130 valence electrons. The number of carbonyl (C=O) groups excluding carboxylic acids is 1. The van der Waals surface area contributed by atoms with E-state index in [9.17, 15) is 4.79 Å². The van der Waals surface area contributed by atoms with Crippen LogP contribution in [-0.2, 0) is 13.0 Å². The van der Waals surface area contributed by atoms with E-state index in [1.807, 2.05) is 30.8 Å². The number of nitrogens with zero attached hydrogens (tertiary/aromatic N) is 3. The maximum Gasteiger partial charge on any atom is 0.317 e. The number of benzene rings is 2. The minimum absolute atomic E-state index is 0.0432. The van der Waals surface area contributed by atoms with Gasteiger partial charge in [-0.15, -0.1) is 0 Å². The molecule has 5 heteroatoms. The van der Waals surface area contributed by atoms with Crippen molar-refractivity contribution in [2.75, 3.05) is 13.6 Å². The van der Waals surface area contributed by atoms with Crippen LogP contribution < -0.4 is 5.32 Å². The first-order chi connectivity index (χ1) is 12.1. The van der Waals surface area contributed by atoms with E-state index in [0.29, 0.717) is 13.1 Å². The summed E-state index contributed by atoms with van der Waals surface area (Å²) in [6.45, 7) is 3.39. The van der Waals surface area contributed by atoms with Crippen molar-refractivity contribution in [2.24, 2.45) is 0 Å². The van der Waals surface area contributed by atoms with Gasteiger partial charge in [0.05, 0.1) is 6.33 Å². The molecule has 1 N–H and O–H groups in total. The highest BCUT2D eigenvalue weighted by Crippen LogP contribution is 2.19. The van der Waals surface area contributed by atoms with Gasteiger partial charge < -0.3 is 14.8 Å². The third-order valence-electron chi connectivity index (χ3n) is 4.36. The number of likely N-dealkylation sites (N-methyl/N-ethyl adjacent to an activating group) is 1. The number of amides is 2. The lowest BCUT2D eigenvalue weighted by atomic mass is 10.0. The van der Waals surface area contributed by atoms with Gasteiger partial charge in [0.15, 0.2) is 0 Å². The SMILES string of the molecule is C[C@H](Cn1ccnc1)NC(=O)N(C)CCc1cccc2ccccc12. The summed E-state index contributed by atoms with van der Waals surface area (Å²) in [5, 5.41) is 5.52. The van der Waals surface area contributed by atoms with Crippen LogP contribution in [0.4, 0.5) is 4.79 Å². The Hall–Kier alpha value is -2.82. The monoisotopic (exact) mass is 336 g/mol. The van der Waals surface area contributed by atoms with Crippen LogP contribution in [0, 0.1) is 0 Å². The maximum atomic E-state index is 12.4. The third kappa shape index (κ3) is 4.38. The van der Waals surface area contributed by atoms with E-state index in [2.05, 4.69) is 46.7 Å². The summed E-state index contributed by atoms with van der Waals surface area (Å²) >= 11 is 0. The summed E-state index contributed by atoms with van der Waals surface area (Å²) in [5.41, 5.74) is 1.27. The number of nitrogens with one attached hydrogen (secondary N) is 1. The summed E-state index contributed by atoms with van der Waals surface area (Å²) < 4.78 is 1.96. The summed E-state index contributed by atoms with van der Waals surface area (Å²) in [6.07, 6.45) is 6.23. The molecule has 0 spiro atoms. The highest BCUT2D eigenvalue weighted by Gasteiger charge is 2.12. The van der Waals surface area contributed by atoms with E-state index in [0.717, 1.165) is 6.42 Å². The standard InChI is InChI=1S/C20H24N4O/c1-16(14-24-13-11-21-15-24)22-20(25)23(2)12-10-18-8-5-7-17-6-3-4-9-19(17)18/h3-9,11,13,15-16H,10,12,14H2,1-2H3,(H,22,25)/t16-/m1/s1. The lowest BCUT2D eigenvalue weighted by molar-refractivity contribution is 0.204. The van der Waals surface area contributed by atoms with Crippen molar-refractivity contribution in [1.82, 2.24) is 19.8 Å². The van der Waals surface area contributed by atoms with Gasteiger partial charge in [-0.2, -0.15) is 0 Å². The van der Waals surface area contributed by atoms with E-state index in [1.54, 1.807) is 17.4 Å². The average molecular weight is 336 g/mol. The zero-order valence-corrected chi connectivity index (χ0v) is 14.7. The number of rotatable bonds is 6. The van der Waals surface area contributed by atoms with Crippen molar-refractivity contribution in [2.45, 2.75) is 25.9 Å². The molecule has 2 amide bonds. The van der Waals surface area contributed by atoms with Gasteiger partial charge in [0.2, 0.25) is 0 Å². The molecule has 0 fully saturated rings. The number of hydrogen-bond donors (Lipinski definition) is 1. The first-order valence-corrected chi connectivity index (χ1v) is 8.57. The van der Waals surface area contributed by atoms with Crippen LogP contribution in [0.5, 0.6) is 0 Å². The fourth-order valence-corrected chi connectivity index (χ4v) is 2.98. The molecule has 0 aliphatic carbocycles. The molecule has 5 nitrogen and oxygen atoms in total. The average Bonchev–Trinajstić information content (AvgIpc) is 3.12. The lowest BCUT2D eigenvalue weighted by Crippen LogP contribution is -2.44. The quantitative estimate of drug-likeness (QED) is 0.751. The van der Waals surface area contributed by atoms with E-state index in [4.69, 9.17) is 0 Å². The lowest BCUT2D eigenvalue weighted by Gasteiger charge is -2.22. The van der Waals surface area contributed by atoms with Crippen LogP contribution in [0.1, 0.15) is 12.5 Å². The second kappa shape index (κ2) is 7.83. The normalized spacial score (nSPS) is 12.1. The van der Waals surface area contributed by atoms with Gasteiger partial charge in [-0.3, -0.25) is 0 Å². The molecule has 0 bridgehead atoms. The molecule has 0 aliphatic rings. The Morgan fingerprint density at radius 3 is 2.84 bits per heavy atom. The summed E-state index contributed by atoms with van der Waals surface area (Å²) in [4.78, 5) is 18.1. The van der Waals surface area contributed by atoms with Gasteiger partial charge in [-0.05, 0) is 29.7 Å². The number of urea groups is 1. The minimum Gasteiger partial charge on any atom is -0.335 e. The fourth-order valence-electron chi connectivity index (χ4n) is 2.98. The first kappa shape index (κ1) is 17.0. The van der Waals surface area contributed by atoms with Gasteiger partial charge in [-0.1, -0.05) is 42.5 Å². The van der Waals surface area contributed by atoms with Crippen LogP contribution >= 0.6 is 0 Å². The number of aromatic nitrogens is 2. The maximum absolute atomic E-state index is 12.4. The molecular weight excluding hydrogens is 312 g/mol. The summed E-state index contributed by atoms with van der Waals surface area (Å²) in [6, 6.07) is 14.7. The molecule has 0 unspecified atom stereocenters. The highest BCUT2D eigenvalue weighted by atomic mass is 16.2. The molecule has 3 aromatic rings. The van der Waals surface area contributed by atoms with Crippen molar-refractivity contribution >= 4 is 16.8 Å². The summed E-state index contributed by atoms with van der Waals surface area (Å²) in [5.74, 6) is 0. The minimum atomic E-state index is -0.0483. The van der Waals surface area contributed by atoms with Gasteiger partial charge in [-0.25, -0.2) is 9.78 Å². The smallest absolute Gasteiger partial charge is 0.317 e. The Balaban J connectivity index is 1.54. The molecule has 0 saturated carbocycles. The predicted molar refractivity (Wildman–Crippen MR) is 101 cm³/mol. The largest absolute Gasteiger partial charge is 0.335 e. The van der Waals surface area contributed by atoms with E-state index >= 15 is 0 Å². The molecule has 3 rings (SSSR count). The third-order valence-corrected chi connectivity index (χ3v) is 4.36. The van der Waals surface area contributed by atoms with Crippen molar-refractivity contribution < 1.29 is 4.79 Å². The zero-order chi connectivity index (χ0) is 17.6. The Morgan fingerprint density at radius 2 is 2.04 bits per heavy atom. The molecule has 0 radical (unpaired) electrons. The van der Waals surface area contributed by atoms with Crippen molar-refractivity contribution in [3.63, 3.8) is 0 Å². The molecule has 1 aromatic heterocycles. The van der Waals surface area contributed by atoms with Gasteiger partial charge in [0.1, 0.15) is 0 Å². The fraction of sp³-hybridized carbons (Fsp3) is 0.300. The van der Waals surface area contributed by atoms with Gasteiger partial charge >= 0.3 is 6.03 Å². The topological polar surface area (TPSA) is 50.2 Å². The Bertz CT molecular complexity index is 823. The Kier molecular flexibility index (Phi) is 5.33. The molecule has 0 aliphatic heterocycles. The number of carbonyl (C=O) groups is 1. The first-order valence-electron chi connectivity index (χ1n) is 8.57. The van der Waals surface area contributed by atoms with Crippen LogP contribution in [0.3, 0.4) is 0 Å². The second-order valence-corrected chi connectivity index (χ2v) is 6.42. The van der Waals surface area contributed by atoms with Gasteiger partial charge in [0, 0.05) is 38.6 Å². The number of fused-ring (bicyclic) bond motifs is 1. The summed E-state index contributed by atoms with van der Waals surface area (Å²) in [7, 11) is 1.84. The van der Waals surface area contributed by atoms with Crippen LogP contribution in [0.2, 0.25) is 0 Å². The number of imidazole rings is 1. The van der Waals surface area contributed by atoms with Crippen molar-refractivity contribution in [1.29, 1.82) is 0 Å². The number of hydrogen-bond acceptors (Lipinski definition) is 2. The van der Waals surface area contributed by atoms with E-state index in [-0.39, 0.29) is 12.1 Å². The van der Waals surface area contributed by atoms with E-state index in [1.165, 1.54) is 16.3 Å². The molecule has 2 aromatic carbocycles. The molecule has 1 atom stereocenters. The highest BCUT2D eigenvalue weighted by molar-refractivity contribution is 5.85. The molecular formula is C20H24N4O. The Morgan fingerprint density at radius 1 is 1.24 bits per heavy atom. The molecule has 0 saturated heterocycles. The van der Waals surface area contributed by atoms with Gasteiger partial charge in [0.25, 0.3) is 0 Å². The van der Waals surface area contributed by atoms with Crippen LogP contribution in [0.15, 0.2) is 61.2 Å². The molecule has 1 heterocycles. The second-order valence-electron chi connectivity index (χ2n) is 6.42.